The molecular formula is C14H11BrN4O2. The number of halogens is 1. The van der Waals surface area contributed by atoms with Gasteiger partial charge in [0.15, 0.2) is 5.58 Å². The van der Waals surface area contributed by atoms with Crippen molar-refractivity contribution >= 4 is 39.0 Å². The maximum Gasteiger partial charge on any atom is 0.268 e. The van der Waals surface area contributed by atoms with Crippen LogP contribution >= 0.6 is 15.9 Å². The van der Waals surface area contributed by atoms with Gasteiger partial charge in [-0.1, -0.05) is 6.07 Å². The number of nitriles is 1. The molecule has 0 atom stereocenters. The predicted molar refractivity (Wildman–Crippen MR) is 79.6 cm³/mol. The third-order valence-electron chi connectivity index (χ3n) is 3.24. The van der Waals surface area contributed by atoms with Crippen LogP contribution in [0.1, 0.15) is 18.7 Å². The Hall–Kier alpha value is -2.33. The van der Waals surface area contributed by atoms with Crippen LogP contribution in [-0.2, 0) is 4.79 Å². The molecule has 7 heteroatoms. The first kappa shape index (κ1) is 13.6. The van der Waals surface area contributed by atoms with Gasteiger partial charge in [0, 0.05) is 10.5 Å². The molecule has 21 heavy (non-hydrogen) atoms. The van der Waals surface area contributed by atoms with E-state index in [1.807, 2.05) is 12.1 Å². The lowest BCUT2D eigenvalue weighted by atomic mass is 10.3. The van der Waals surface area contributed by atoms with Gasteiger partial charge in [-0.15, -0.1) is 0 Å². The van der Waals surface area contributed by atoms with Crippen molar-refractivity contribution in [2.75, 3.05) is 0 Å². The summed E-state index contributed by atoms with van der Waals surface area (Å²) in [7, 11) is 0. The summed E-state index contributed by atoms with van der Waals surface area (Å²) in [6.07, 6.45) is 2.66. The molecule has 1 aromatic heterocycles. The van der Waals surface area contributed by atoms with E-state index in [2.05, 4.69) is 32.3 Å². The first-order valence-electron chi connectivity index (χ1n) is 6.29. The summed E-state index contributed by atoms with van der Waals surface area (Å²) in [4.78, 5) is 16.2. The lowest BCUT2D eigenvalue weighted by molar-refractivity contribution is -0.118. The number of amides is 1. The van der Waals surface area contributed by atoms with Gasteiger partial charge in [-0.2, -0.15) is 5.26 Å². The Bertz CT molecular complexity index is 799. The van der Waals surface area contributed by atoms with E-state index in [0.717, 1.165) is 4.47 Å². The van der Waals surface area contributed by atoms with Gasteiger partial charge in [-0.25, -0.2) is 4.98 Å². The summed E-state index contributed by atoms with van der Waals surface area (Å²) < 4.78 is 6.30. The highest BCUT2D eigenvalue weighted by Gasteiger charge is 2.44. The highest BCUT2D eigenvalue weighted by Crippen LogP contribution is 2.34. The van der Waals surface area contributed by atoms with Crippen molar-refractivity contribution in [2.24, 2.45) is 5.73 Å². The number of hydrogen-bond donors (Lipinski definition) is 2. The minimum Gasteiger partial charge on any atom is -0.437 e. The van der Waals surface area contributed by atoms with Crippen molar-refractivity contribution in [1.82, 2.24) is 10.3 Å². The number of hydrogen-bond acceptors (Lipinski definition) is 5. The Kier molecular flexibility index (Phi) is 3.18. The number of nitrogens with two attached hydrogens (primary N) is 1. The molecule has 0 radical (unpaired) electrons. The minimum atomic E-state index is -0.750. The molecule has 106 valence electrons. The van der Waals surface area contributed by atoms with Crippen LogP contribution in [0.25, 0.3) is 17.2 Å². The Morgan fingerprint density at radius 1 is 1.57 bits per heavy atom. The van der Waals surface area contributed by atoms with Gasteiger partial charge in [0.05, 0.1) is 6.07 Å². The fourth-order valence-corrected chi connectivity index (χ4v) is 2.31. The zero-order valence-electron chi connectivity index (χ0n) is 10.9. The number of carbonyl (C=O) groups excluding carboxylic acids is 1. The number of oxazole rings is 1. The van der Waals surface area contributed by atoms with E-state index in [4.69, 9.17) is 15.4 Å². The molecule has 0 aliphatic heterocycles. The van der Waals surface area contributed by atoms with Crippen LogP contribution in [0.15, 0.2) is 32.8 Å². The number of nitrogens with zero attached hydrogens (tertiary/aromatic N) is 2. The van der Waals surface area contributed by atoms with Gasteiger partial charge in [-0.05, 0) is 40.9 Å². The molecule has 3 rings (SSSR count). The molecule has 0 unspecified atom stereocenters. The number of carbonyl (C=O) groups is 1. The standard InChI is InChI=1S/C14H11BrN4O2/c15-8-2-1-3-10-12(8)18-11(21-10)6-9(17)13(20)19-14(7-16)4-5-14/h1-3,6H,4-5,17H2,(H,19,20). The highest BCUT2D eigenvalue weighted by molar-refractivity contribution is 9.10. The quantitative estimate of drug-likeness (QED) is 0.827. The van der Waals surface area contributed by atoms with Crippen LogP contribution in [0.2, 0.25) is 0 Å². The van der Waals surface area contributed by atoms with Gasteiger partial charge in [0.2, 0.25) is 5.89 Å². The first-order chi connectivity index (χ1) is 10.0. The zero-order chi connectivity index (χ0) is 15.0. The summed E-state index contributed by atoms with van der Waals surface area (Å²) in [6, 6.07) is 7.51. The molecule has 1 amide bonds. The average molecular weight is 347 g/mol. The molecular weight excluding hydrogens is 336 g/mol. The number of rotatable bonds is 3. The SMILES string of the molecule is N#CC1(NC(=O)C(N)=Cc2nc3c(Br)cccc3o2)CC1. The average Bonchev–Trinajstić information content (AvgIpc) is 3.10. The Morgan fingerprint density at radius 2 is 2.33 bits per heavy atom. The van der Waals surface area contributed by atoms with Crippen LogP contribution in [0.4, 0.5) is 0 Å². The van der Waals surface area contributed by atoms with Crippen LogP contribution in [-0.4, -0.2) is 16.4 Å². The number of nitrogens with one attached hydrogen (secondary N) is 1. The molecule has 3 N–H and O–H groups in total. The lowest BCUT2D eigenvalue weighted by Gasteiger charge is -2.08. The van der Waals surface area contributed by atoms with Gasteiger partial charge in [0.1, 0.15) is 16.8 Å². The molecule has 6 nitrogen and oxygen atoms in total. The Labute approximate surface area is 128 Å². The number of para-hydroxylation sites is 1. The smallest absolute Gasteiger partial charge is 0.268 e. The maximum absolute atomic E-state index is 11.9. The van der Waals surface area contributed by atoms with Crippen molar-refractivity contribution in [3.63, 3.8) is 0 Å². The Balaban J connectivity index is 1.84. The van der Waals surface area contributed by atoms with Crippen molar-refractivity contribution in [1.29, 1.82) is 5.26 Å². The summed E-state index contributed by atoms with van der Waals surface area (Å²) in [5.41, 5.74) is 6.19. The highest BCUT2D eigenvalue weighted by atomic mass is 79.9. The molecule has 1 aliphatic carbocycles. The summed E-state index contributed by atoms with van der Waals surface area (Å²) in [5.74, 6) is -0.248. The van der Waals surface area contributed by atoms with Gasteiger partial charge in [0.25, 0.3) is 5.91 Å². The second-order valence-electron chi connectivity index (χ2n) is 4.89. The topological polar surface area (TPSA) is 105 Å². The summed E-state index contributed by atoms with van der Waals surface area (Å²) in [5, 5.41) is 11.6. The zero-order valence-corrected chi connectivity index (χ0v) is 12.5. The maximum atomic E-state index is 11.9. The molecule has 1 heterocycles. The van der Waals surface area contributed by atoms with E-state index >= 15 is 0 Å². The Morgan fingerprint density at radius 3 is 2.95 bits per heavy atom. The normalized spacial score (nSPS) is 16.5. The van der Waals surface area contributed by atoms with Crippen LogP contribution < -0.4 is 11.1 Å². The monoisotopic (exact) mass is 346 g/mol. The largest absolute Gasteiger partial charge is 0.437 e. The van der Waals surface area contributed by atoms with Crippen molar-refractivity contribution in [3.8, 4) is 6.07 Å². The fourth-order valence-electron chi connectivity index (χ4n) is 1.87. The van der Waals surface area contributed by atoms with Crippen LogP contribution in [0, 0.1) is 11.3 Å². The second kappa shape index (κ2) is 4.90. The molecule has 1 aliphatic rings. The van der Waals surface area contributed by atoms with E-state index in [1.54, 1.807) is 6.07 Å². The minimum absolute atomic E-state index is 0.0424. The molecule has 0 bridgehead atoms. The van der Waals surface area contributed by atoms with E-state index in [-0.39, 0.29) is 11.6 Å². The molecule has 1 fully saturated rings. The van der Waals surface area contributed by atoms with Crippen molar-refractivity contribution in [3.05, 3.63) is 34.3 Å². The van der Waals surface area contributed by atoms with Crippen LogP contribution in [0.3, 0.4) is 0 Å². The predicted octanol–water partition coefficient (Wildman–Crippen LogP) is 2.06. The van der Waals surface area contributed by atoms with E-state index < -0.39 is 11.4 Å². The summed E-state index contributed by atoms with van der Waals surface area (Å²) >= 11 is 3.37. The van der Waals surface area contributed by atoms with Crippen molar-refractivity contribution < 1.29 is 9.21 Å². The van der Waals surface area contributed by atoms with Crippen molar-refractivity contribution in [2.45, 2.75) is 18.4 Å². The summed E-state index contributed by atoms with van der Waals surface area (Å²) in [6.45, 7) is 0. The van der Waals surface area contributed by atoms with Crippen LogP contribution in [0.5, 0.6) is 0 Å². The molecule has 1 saturated carbocycles. The van der Waals surface area contributed by atoms with E-state index in [0.29, 0.717) is 23.9 Å². The molecule has 0 saturated heterocycles. The van der Waals surface area contributed by atoms with E-state index in [9.17, 15) is 4.79 Å². The van der Waals surface area contributed by atoms with Gasteiger partial charge in [-0.3, -0.25) is 4.79 Å². The molecule has 2 aromatic rings. The third kappa shape index (κ3) is 2.62. The first-order valence-corrected chi connectivity index (χ1v) is 7.08. The van der Waals surface area contributed by atoms with Gasteiger partial charge >= 0.3 is 0 Å². The van der Waals surface area contributed by atoms with Gasteiger partial charge < -0.3 is 15.5 Å². The van der Waals surface area contributed by atoms with E-state index in [1.165, 1.54) is 6.08 Å². The number of benzene rings is 1. The number of aromatic nitrogens is 1. The molecule has 0 spiro atoms. The molecule has 1 aromatic carbocycles. The third-order valence-corrected chi connectivity index (χ3v) is 3.88. The fraction of sp³-hybridized carbons (Fsp3) is 0.214. The lowest BCUT2D eigenvalue weighted by Crippen LogP contribution is -2.38. The number of fused-ring (bicyclic) bond motifs is 1. The second-order valence-corrected chi connectivity index (χ2v) is 5.74.